The molecule has 2 aromatic rings. The number of allylic oxidation sites excluding steroid dienone is 1. The van der Waals surface area contributed by atoms with Crippen molar-refractivity contribution in [2.24, 2.45) is 0 Å². The van der Waals surface area contributed by atoms with Gasteiger partial charge in [-0.05, 0) is 61.8 Å². The van der Waals surface area contributed by atoms with Gasteiger partial charge < -0.3 is 9.47 Å². The summed E-state index contributed by atoms with van der Waals surface area (Å²) in [5, 5.41) is 1.20. The summed E-state index contributed by atoms with van der Waals surface area (Å²) in [7, 11) is 0. The molecule has 1 unspecified atom stereocenters. The zero-order valence-corrected chi connectivity index (χ0v) is 16.7. The van der Waals surface area contributed by atoms with Crippen LogP contribution in [0.3, 0.4) is 0 Å². The maximum atomic E-state index is 13.5. The van der Waals surface area contributed by atoms with Gasteiger partial charge >= 0.3 is 0 Å². The highest BCUT2D eigenvalue weighted by molar-refractivity contribution is 6.02. The molecule has 1 aliphatic heterocycles. The molecule has 3 nitrogen and oxygen atoms in total. The summed E-state index contributed by atoms with van der Waals surface area (Å²) in [5.41, 5.74) is 4.41. The second-order valence-electron chi connectivity index (χ2n) is 7.86. The summed E-state index contributed by atoms with van der Waals surface area (Å²) >= 11 is 0. The quantitative estimate of drug-likeness (QED) is 0.637. The van der Waals surface area contributed by atoms with Crippen LogP contribution < -0.4 is 0 Å². The predicted molar refractivity (Wildman–Crippen MR) is 110 cm³/mol. The normalized spacial score (nSPS) is 17.9. The van der Waals surface area contributed by atoms with Gasteiger partial charge in [0.15, 0.2) is 0 Å². The highest BCUT2D eigenvalue weighted by atomic mass is 16.2. The third-order valence-electron chi connectivity index (χ3n) is 5.88. The standard InChI is InChI=1S/C23H32N2O/c1-6-13-25-21-12-11-18(16(3)4)15-20(21)17(5)22(25)23(26)24-14-9-8-10-19(24)7-2/h6,11-12,15-16,19H,1,7-10,13-14H2,2-5H3. The number of benzene rings is 1. The van der Waals surface area contributed by atoms with E-state index in [2.05, 4.69) is 61.9 Å². The molecule has 26 heavy (non-hydrogen) atoms. The van der Waals surface area contributed by atoms with Crippen LogP contribution in [-0.4, -0.2) is 28.0 Å². The Labute approximate surface area is 157 Å². The number of rotatable bonds is 5. The van der Waals surface area contributed by atoms with Gasteiger partial charge in [0.05, 0.1) is 0 Å². The number of piperidine rings is 1. The molecule has 2 heterocycles. The van der Waals surface area contributed by atoms with Crippen LogP contribution in [0.2, 0.25) is 0 Å². The average Bonchev–Trinajstić information content (AvgIpc) is 2.93. The highest BCUT2D eigenvalue weighted by Gasteiger charge is 2.30. The van der Waals surface area contributed by atoms with Crippen LogP contribution in [0.1, 0.15) is 74.0 Å². The molecule has 0 spiro atoms. The Morgan fingerprint density at radius 1 is 1.35 bits per heavy atom. The molecule has 3 heteroatoms. The second kappa shape index (κ2) is 7.69. The minimum Gasteiger partial charge on any atom is -0.334 e. The lowest BCUT2D eigenvalue weighted by molar-refractivity contribution is 0.0597. The number of likely N-dealkylation sites (tertiary alicyclic amines) is 1. The van der Waals surface area contributed by atoms with E-state index in [-0.39, 0.29) is 5.91 Å². The van der Waals surface area contributed by atoms with Crippen molar-refractivity contribution >= 4 is 16.8 Å². The molecule has 0 N–H and O–H groups in total. The van der Waals surface area contributed by atoms with Gasteiger partial charge in [-0.15, -0.1) is 6.58 Å². The van der Waals surface area contributed by atoms with Crippen LogP contribution in [0.5, 0.6) is 0 Å². The number of aromatic nitrogens is 1. The van der Waals surface area contributed by atoms with Crippen molar-refractivity contribution in [2.75, 3.05) is 6.54 Å². The van der Waals surface area contributed by atoms with E-state index in [0.29, 0.717) is 18.5 Å². The molecule has 1 fully saturated rings. The first-order valence-electron chi connectivity index (χ1n) is 10.0. The maximum Gasteiger partial charge on any atom is 0.271 e. The number of aryl methyl sites for hydroxylation is 1. The fourth-order valence-corrected chi connectivity index (χ4v) is 4.32. The first-order chi connectivity index (χ1) is 12.5. The van der Waals surface area contributed by atoms with E-state index in [4.69, 9.17) is 0 Å². The van der Waals surface area contributed by atoms with Gasteiger partial charge in [-0.1, -0.05) is 32.9 Å². The van der Waals surface area contributed by atoms with Crippen molar-refractivity contribution in [1.29, 1.82) is 0 Å². The Bertz CT molecular complexity index is 815. The third kappa shape index (κ3) is 3.20. The molecule has 0 aliphatic carbocycles. The number of fused-ring (bicyclic) bond motifs is 1. The van der Waals surface area contributed by atoms with E-state index in [9.17, 15) is 4.79 Å². The molecule has 0 bridgehead atoms. The molecule has 1 amide bonds. The summed E-state index contributed by atoms with van der Waals surface area (Å²) in [6.45, 7) is 14.2. The summed E-state index contributed by atoms with van der Waals surface area (Å²) < 4.78 is 2.16. The SMILES string of the molecule is C=CCn1c(C(=O)N2CCCCC2CC)c(C)c2cc(C(C)C)ccc21. The topological polar surface area (TPSA) is 25.2 Å². The van der Waals surface area contributed by atoms with Crippen molar-refractivity contribution in [3.05, 3.63) is 47.7 Å². The molecule has 0 saturated carbocycles. The van der Waals surface area contributed by atoms with Crippen LogP contribution in [0.25, 0.3) is 10.9 Å². The monoisotopic (exact) mass is 352 g/mol. The fourth-order valence-electron chi connectivity index (χ4n) is 4.32. The zero-order valence-electron chi connectivity index (χ0n) is 16.7. The Hall–Kier alpha value is -2.03. The number of carbonyl (C=O) groups excluding carboxylic acids is 1. The maximum absolute atomic E-state index is 13.5. The molecule has 1 atom stereocenters. The molecule has 1 aromatic carbocycles. The van der Waals surface area contributed by atoms with E-state index < -0.39 is 0 Å². The minimum atomic E-state index is 0.193. The van der Waals surface area contributed by atoms with Crippen molar-refractivity contribution in [3.63, 3.8) is 0 Å². The van der Waals surface area contributed by atoms with Crippen molar-refractivity contribution in [2.45, 2.75) is 71.9 Å². The van der Waals surface area contributed by atoms with Crippen molar-refractivity contribution < 1.29 is 4.79 Å². The van der Waals surface area contributed by atoms with Crippen LogP contribution in [0, 0.1) is 6.92 Å². The Morgan fingerprint density at radius 2 is 2.12 bits per heavy atom. The Balaban J connectivity index is 2.14. The third-order valence-corrected chi connectivity index (χ3v) is 5.88. The van der Waals surface area contributed by atoms with Crippen LogP contribution in [0.4, 0.5) is 0 Å². The van der Waals surface area contributed by atoms with Gasteiger partial charge in [-0.2, -0.15) is 0 Å². The Kier molecular flexibility index (Phi) is 5.55. The molecule has 140 valence electrons. The first kappa shape index (κ1) is 18.8. The number of hydrogen-bond acceptors (Lipinski definition) is 1. The smallest absolute Gasteiger partial charge is 0.271 e. The van der Waals surface area contributed by atoms with Gasteiger partial charge in [0.1, 0.15) is 5.69 Å². The molecule has 1 aliphatic rings. The molecule has 3 rings (SSSR count). The molecular formula is C23H32N2O. The van der Waals surface area contributed by atoms with Gasteiger partial charge in [-0.25, -0.2) is 0 Å². The number of nitrogens with zero attached hydrogens (tertiary/aromatic N) is 2. The fraction of sp³-hybridized carbons (Fsp3) is 0.522. The van der Waals surface area contributed by atoms with Gasteiger partial charge in [-0.3, -0.25) is 4.79 Å². The minimum absolute atomic E-state index is 0.193. The highest BCUT2D eigenvalue weighted by Crippen LogP contribution is 2.31. The lowest BCUT2D eigenvalue weighted by Crippen LogP contribution is -2.44. The zero-order chi connectivity index (χ0) is 18.8. The second-order valence-corrected chi connectivity index (χ2v) is 7.86. The van der Waals surface area contributed by atoms with Crippen molar-refractivity contribution in [1.82, 2.24) is 9.47 Å². The molecule has 1 saturated heterocycles. The van der Waals surface area contributed by atoms with Crippen molar-refractivity contribution in [3.8, 4) is 0 Å². The van der Waals surface area contributed by atoms with Crippen LogP contribution in [-0.2, 0) is 6.54 Å². The van der Waals surface area contributed by atoms with Gasteiger partial charge in [0, 0.05) is 30.0 Å². The number of hydrogen-bond donors (Lipinski definition) is 0. The summed E-state index contributed by atoms with van der Waals surface area (Å²) in [6, 6.07) is 7.00. The molecular weight excluding hydrogens is 320 g/mol. The summed E-state index contributed by atoms with van der Waals surface area (Å²) in [6.07, 6.45) is 6.39. The van der Waals surface area contributed by atoms with E-state index in [1.165, 1.54) is 17.4 Å². The average molecular weight is 353 g/mol. The molecule has 0 radical (unpaired) electrons. The van der Waals surface area contributed by atoms with E-state index >= 15 is 0 Å². The first-order valence-corrected chi connectivity index (χ1v) is 10.0. The summed E-state index contributed by atoms with van der Waals surface area (Å²) in [4.78, 5) is 15.7. The number of amides is 1. The van der Waals surface area contributed by atoms with Crippen LogP contribution >= 0.6 is 0 Å². The largest absolute Gasteiger partial charge is 0.334 e. The lowest BCUT2D eigenvalue weighted by atomic mass is 9.98. The van der Waals surface area contributed by atoms with E-state index in [1.54, 1.807) is 0 Å². The van der Waals surface area contributed by atoms with Crippen LogP contribution in [0.15, 0.2) is 30.9 Å². The number of carbonyl (C=O) groups is 1. The van der Waals surface area contributed by atoms with Gasteiger partial charge in [0.25, 0.3) is 5.91 Å². The van der Waals surface area contributed by atoms with E-state index in [1.807, 2.05) is 6.08 Å². The predicted octanol–water partition coefficient (Wildman–Crippen LogP) is 5.66. The van der Waals surface area contributed by atoms with E-state index in [0.717, 1.165) is 42.6 Å². The summed E-state index contributed by atoms with van der Waals surface area (Å²) in [5.74, 6) is 0.672. The molecule has 1 aromatic heterocycles. The van der Waals surface area contributed by atoms with Gasteiger partial charge in [0.2, 0.25) is 0 Å². The Morgan fingerprint density at radius 3 is 2.77 bits per heavy atom. The lowest BCUT2D eigenvalue weighted by Gasteiger charge is -2.35.